The number of rotatable bonds is 7. The number of amides is 1. The van der Waals surface area contributed by atoms with Gasteiger partial charge in [0.25, 0.3) is 5.91 Å². The normalized spacial score (nSPS) is 18.3. The Morgan fingerprint density at radius 1 is 1.15 bits per heavy atom. The Morgan fingerprint density at radius 3 is 2.35 bits per heavy atom. The van der Waals surface area contributed by atoms with Crippen LogP contribution in [0.3, 0.4) is 0 Å². The summed E-state index contributed by atoms with van der Waals surface area (Å²) in [5.74, 6) is -0.869. The number of hydrogen-bond acceptors (Lipinski definition) is 6. The molecular weight excluding hydrogens is 356 g/mol. The maximum Gasteiger partial charge on any atom is 0.306 e. The van der Waals surface area contributed by atoms with Gasteiger partial charge in [-0.25, -0.2) is 8.42 Å². The molecule has 1 aromatic carbocycles. The summed E-state index contributed by atoms with van der Waals surface area (Å²) >= 11 is 0. The Balaban J connectivity index is 1.75. The van der Waals surface area contributed by atoms with Gasteiger partial charge in [0.2, 0.25) is 0 Å². The summed E-state index contributed by atoms with van der Waals surface area (Å²) in [5, 5.41) is 0. The first kappa shape index (κ1) is 20.2. The van der Waals surface area contributed by atoms with Gasteiger partial charge in [-0.3, -0.25) is 9.59 Å². The van der Waals surface area contributed by atoms with Crippen LogP contribution in [0.1, 0.15) is 18.4 Å². The highest BCUT2D eigenvalue weighted by molar-refractivity contribution is 7.91. The van der Waals surface area contributed by atoms with E-state index >= 15 is 0 Å². The predicted molar refractivity (Wildman–Crippen MR) is 99.6 cm³/mol. The molecule has 1 fully saturated rings. The number of carbonyl (C=O) groups is 2. The van der Waals surface area contributed by atoms with Crippen molar-refractivity contribution in [2.24, 2.45) is 5.92 Å². The molecular formula is C18H26N2O5S. The second kappa shape index (κ2) is 8.53. The van der Waals surface area contributed by atoms with Crippen LogP contribution in [-0.2, 0) is 30.7 Å². The average molecular weight is 382 g/mol. The van der Waals surface area contributed by atoms with Crippen molar-refractivity contribution in [3.05, 3.63) is 29.8 Å². The number of hydrogen-bond donors (Lipinski definition) is 0. The first-order valence-electron chi connectivity index (χ1n) is 8.52. The first-order chi connectivity index (χ1) is 12.2. The van der Waals surface area contributed by atoms with Gasteiger partial charge in [-0.2, -0.15) is 0 Å². The highest BCUT2D eigenvalue weighted by Gasteiger charge is 2.30. The molecule has 0 aromatic heterocycles. The summed E-state index contributed by atoms with van der Waals surface area (Å²) in [5.41, 5.74) is 2.06. The number of esters is 1. The van der Waals surface area contributed by atoms with Crippen LogP contribution in [0, 0.1) is 5.92 Å². The third-order valence-corrected chi connectivity index (χ3v) is 6.27. The zero-order valence-electron chi connectivity index (χ0n) is 15.5. The van der Waals surface area contributed by atoms with Crippen LogP contribution in [-0.4, -0.2) is 64.4 Å². The Labute approximate surface area is 154 Å². The lowest BCUT2D eigenvalue weighted by molar-refractivity contribution is -0.152. The van der Waals surface area contributed by atoms with Crippen molar-refractivity contribution in [3.63, 3.8) is 0 Å². The molecule has 1 atom stereocenters. The highest BCUT2D eigenvalue weighted by Crippen LogP contribution is 2.21. The third kappa shape index (κ3) is 6.01. The second-order valence-electron chi connectivity index (χ2n) is 6.94. The lowest BCUT2D eigenvalue weighted by Crippen LogP contribution is -2.31. The van der Waals surface area contributed by atoms with E-state index in [0.717, 1.165) is 11.3 Å². The number of anilines is 1. The quantitative estimate of drug-likeness (QED) is 0.656. The van der Waals surface area contributed by atoms with Gasteiger partial charge in [-0.15, -0.1) is 0 Å². The lowest BCUT2D eigenvalue weighted by Gasteiger charge is -2.18. The molecule has 1 aliphatic rings. The van der Waals surface area contributed by atoms with Crippen LogP contribution >= 0.6 is 0 Å². The van der Waals surface area contributed by atoms with Crippen LogP contribution in [0.15, 0.2) is 24.3 Å². The SMILES string of the molecule is CN(Cc1ccc(N(C)C)cc1)C(=O)COC(=O)C[C@H]1CCS(=O)(=O)C1. The average Bonchev–Trinajstić information content (AvgIpc) is 2.91. The van der Waals surface area contributed by atoms with E-state index in [1.54, 1.807) is 7.05 Å². The Bertz CT molecular complexity index is 743. The number of benzene rings is 1. The second-order valence-corrected chi connectivity index (χ2v) is 9.17. The fraction of sp³-hybridized carbons (Fsp3) is 0.556. The van der Waals surface area contributed by atoms with Crippen LogP contribution in [0.25, 0.3) is 0 Å². The molecule has 0 radical (unpaired) electrons. The van der Waals surface area contributed by atoms with E-state index in [0.29, 0.717) is 13.0 Å². The molecule has 0 bridgehead atoms. The molecule has 8 heteroatoms. The molecule has 0 unspecified atom stereocenters. The molecule has 2 rings (SSSR count). The largest absolute Gasteiger partial charge is 0.456 e. The van der Waals surface area contributed by atoms with Crippen molar-refractivity contribution in [2.45, 2.75) is 19.4 Å². The number of nitrogens with zero attached hydrogens (tertiary/aromatic N) is 2. The van der Waals surface area contributed by atoms with Crippen LogP contribution in [0.5, 0.6) is 0 Å². The molecule has 1 aromatic rings. The van der Waals surface area contributed by atoms with Crippen molar-refractivity contribution >= 4 is 27.4 Å². The van der Waals surface area contributed by atoms with E-state index in [-0.39, 0.29) is 36.4 Å². The fourth-order valence-electron chi connectivity index (χ4n) is 2.84. The van der Waals surface area contributed by atoms with Crippen molar-refractivity contribution in [3.8, 4) is 0 Å². The molecule has 1 heterocycles. The highest BCUT2D eigenvalue weighted by atomic mass is 32.2. The Kier molecular flexibility index (Phi) is 6.63. The molecule has 7 nitrogen and oxygen atoms in total. The van der Waals surface area contributed by atoms with Gasteiger partial charge in [0, 0.05) is 39.8 Å². The van der Waals surface area contributed by atoms with Crippen molar-refractivity contribution in [1.29, 1.82) is 0 Å². The summed E-state index contributed by atoms with van der Waals surface area (Å²) < 4.78 is 27.8. The molecule has 0 spiro atoms. The number of sulfone groups is 1. The number of likely N-dealkylation sites (N-methyl/N-ethyl adjacent to an activating group) is 1. The summed E-state index contributed by atoms with van der Waals surface area (Å²) in [4.78, 5) is 27.4. The summed E-state index contributed by atoms with van der Waals surface area (Å²) in [6.07, 6.45) is 0.524. The fourth-order valence-corrected chi connectivity index (χ4v) is 4.70. The molecule has 0 N–H and O–H groups in total. The molecule has 26 heavy (non-hydrogen) atoms. The predicted octanol–water partition coefficient (Wildman–Crippen LogP) is 1.08. The summed E-state index contributed by atoms with van der Waals surface area (Å²) in [7, 11) is 2.55. The number of ether oxygens (including phenoxy) is 1. The molecule has 1 saturated heterocycles. The van der Waals surface area contributed by atoms with Crippen LogP contribution in [0.4, 0.5) is 5.69 Å². The number of carbonyl (C=O) groups excluding carboxylic acids is 2. The Morgan fingerprint density at radius 2 is 1.81 bits per heavy atom. The lowest BCUT2D eigenvalue weighted by atomic mass is 10.1. The van der Waals surface area contributed by atoms with Crippen molar-refractivity contribution < 1.29 is 22.7 Å². The van der Waals surface area contributed by atoms with E-state index in [2.05, 4.69) is 0 Å². The van der Waals surface area contributed by atoms with Gasteiger partial charge < -0.3 is 14.5 Å². The van der Waals surface area contributed by atoms with E-state index in [4.69, 9.17) is 4.74 Å². The van der Waals surface area contributed by atoms with Gasteiger partial charge in [0.15, 0.2) is 16.4 Å². The minimum atomic E-state index is -3.01. The molecule has 1 aliphatic heterocycles. The van der Waals surface area contributed by atoms with Gasteiger partial charge in [0.05, 0.1) is 11.5 Å². The third-order valence-electron chi connectivity index (χ3n) is 4.44. The molecule has 0 saturated carbocycles. The Hall–Kier alpha value is -2.09. The van der Waals surface area contributed by atoms with Gasteiger partial charge in [0.1, 0.15) is 0 Å². The van der Waals surface area contributed by atoms with E-state index in [1.807, 2.05) is 43.3 Å². The monoisotopic (exact) mass is 382 g/mol. The maximum absolute atomic E-state index is 12.1. The molecule has 0 aliphatic carbocycles. The summed E-state index contributed by atoms with van der Waals surface area (Å²) in [6.45, 7) is 0.0928. The molecule has 144 valence electrons. The van der Waals surface area contributed by atoms with E-state index < -0.39 is 15.8 Å². The zero-order valence-corrected chi connectivity index (χ0v) is 16.3. The van der Waals surface area contributed by atoms with Crippen LogP contribution < -0.4 is 4.90 Å². The summed E-state index contributed by atoms with van der Waals surface area (Å²) in [6, 6.07) is 7.85. The standard InChI is InChI=1S/C18H26N2O5S/c1-19(2)16-6-4-14(5-7-16)11-20(3)17(21)12-25-18(22)10-15-8-9-26(23,24)13-15/h4-7,15H,8-13H2,1-3H3/t15-/m1/s1. The van der Waals surface area contributed by atoms with E-state index in [1.165, 1.54) is 4.90 Å². The minimum Gasteiger partial charge on any atom is -0.456 e. The van der Waals surface area contributed by atoms with E-state index in [9.17, 15) is 18.0 Å². The smallest absolute Gasteiger partial charge is 0.306 e. The maximum atomic E-state index is 12.1. The molecule has 1 amide bonds. The van der Waals surface area contributed by atoms with Gasteiger partial charge >= 0.3 is 5.97 Å². The minimum absolute atomic E-state index is 0.0267. The van der Waals surface area contributed by atoms with Crippen molar-refractivity contribution in [1.82, 2.24) is 4.90 Å². The van der Waals surface area contributed by atoms with Gasteiger partial charge in [-0.05, 0) is 30.0 Å². The van der Waals surface area contributed by atoms with Crippen molar-refractivity contribution in [2.75, 3.05) is 44.2 Å². The topological polar surface area (TPSA) is 84.0 Å². The first-order valence-corrected chi connectivity index (χ1v) is 10.3. The zero-order chi connectivity index (χ0) is 19.3. The van der Waals surface area contributed by atoms with Crippen LogP contribution in [0.2, 0.25) is 0 Å². The van der Waals surface area contributed by atoms with Gasteiger partial charge in [-0.1, -0.05) is 12.1 Å².